The Hall–Kier alpha value is -4.09. The van der Waals surface area contributed by atoms with Crippen LogP contribution in [-0.2, 0) is 11.3 Å². The summed E-state index contributed by atoms with van der Waals surface area (Å²) in [5.41, 5.74) is -0.519. The average Bonchev–Trinajstić information content (AvgIpc) is 2.80. The van der Waals surface area contributed by atoms with E-state index in [1.54, 1.807) is 26.0 Å². The molecule has 0 atom stereocenters. The maximum atomic E-state index is 13.7. The first kappa shape index (κ1) is 24.6. The highest BCUT2D eigenvalue weighted by molar-refractivity contribution is 5.86. The second-order valence-corrected chi connectivity index (χ2v) is 6.99. The minimum atomic E-state index is -1.62. The van der Waals surface area contributed by atoms with Crippen molar-refractivity contribution in [1.29, 1.82) is 0 Å². The molecule has 12 heteroatoms. The second-order valence-electron chi connectivity index (χ2n) is 6.99. The van der Waals surface area contributed by atoms with Crippen molar-refractivity contribution in [2.45, 2.75) is 20.4 Å². The molecular formula is C22H21F3N4O5. The molecular weight excluding hydrogens is 457 g/mol. The number of hydrogen-bond acceptors (Lipinski definition) is 8. The van der Waals surface area contributed by atoms with Crippen molar-refractivity contribution in [1.82, 2.24) is 14.8 Å². The molecule has 0 aliphatic carbocycles. The Morgan fingerprint density at radius 3 is 2.26 bits per heavy atom. The maximum absolute atomic E-state index is 13.7. The minimum Gasteiger partial charge on any atom is -0.493 e. The van der Waals surface area contributed by atoms with Gasteiger partial charge in [0.15, 0.2) is 29.0 Å². The Labute approximate surface area is 192 Å². The summed E-state index contributed by atoms with van der Waals surface area (Å²) in [6.07, 6.45) is 0. The third-order valence-corrected chi connectivity index (χ3v) is 4.70. The van der Waals surface area contributed by atoms with Crippen molar-refractivity contribution in [2.75, 3.05) is 26.1 Å². The highest BCUT2D eigenvalue weighted by Gasteiger charge is 2.20. The van der Waals surface area contributed by atoms with Crippen LogP contribution in [-0.4, -0.2) is 41.6 Å². The SMILES string of the molecule is CCOC(=O)c1nn(Cc2cc(F)c(F)c(F)c2)c(Nc2cc(OC)c(OC)cc2C)nc1=O. The van der Waals surface area contributed by atoms with E-state index in [2.05, 4.69) is 15.4 Å². The molecule has 3 aromatic rings. The van der Waals surface area contributed by atoms with E-state index in [-0.39, 0.29) is 24.7 Å². The summed E-state index contributed by atoms with van der Waals surface area (Å²) < 4.78 is 57.3. The molecule has 1 heterocycles. The Bertz CT molecular complexity index is 1270. The fourth-order valence-electron chi connectivity index (χ4n) is 3.06. The van der Waals surface area contributed by atoms with Gasteiger partial charge < -0.3 is 19.5 Å². The van der Waals surface area contributed by atoms with Crippen LogP contribution in [0.3, 0.4) is 0 Å². The number of carbonyl (C=O) groups is 1. The van der Waals surface area contributed by atoms with Crippen LogP contribution in [0, 0.1) is 24.4 Å². The van der Waals surface area contributed by atoms with Gasteiger partial charge in [-0.1, -0.05) is 0 Å². The van der Waals surface area contributed by atoms with Crippen LogP contribution >= 0.6 is 0 Å². The zero-order valence-corrected chi connectivity index (χ0v) is 18.7. The highest BCUT2D eigenvalue weighted by atomic mass is 19.2. The monoisotopic (exact) mass is 478 g/mol. The van der Waals surface area contributed by atoms with Crippen LogP contribution in [0.15, 0.2) is 29.1 Å². The Morgan fingerprint density at radius 2 is 1.68 bits per heavy atom. The molecule has 0 radical (unpaired) electrons. The van der Waals surface area contributed by atoms with Crippen molar-refractivity contribution in [3.8, 4) is 11.5 Å². The molecule has 0 aliphatic rings. The number of nitrogens with zero attached hydrogens (tertiary/aromatic N) is 3. The Kier molecular flexibility index (Phi) is 7.39. The van der Waals surface area contributed by atoms with Gasteiger partial charge in [0.25, 0.3) is 0 Å². The van der Waals surface area contributed by atoms with Crippen molar-refractivity contribution < 1.29 is 32.2 Å². The van der Waals surface area contributed by atoms with E-state index in [0.717, 1.165) is 16.8 Å². The first-order chi connectivity index (χ1) is 16.2. The van der Waals surface area contributed by atoms with E-state index >= 15 is 0 Å². The summed E-state index contributed by atoms with van der Waals surface area (Å²) in [4.78, 5) is 28.5. The number of aryl methyl sites for hydroxylation is 1. The van der Waals surface area contributed by atoms with E-state index in [0.29, 0.717) is 22.7 Å². The average molecular weight is 478 g/mol. The molecule has 0 amide bonds. The smallest absolute Gasteiger partial charge is 0.364 e. The van der Waals surface area contributed by atoms with Crippen molar-refractivity contribution in [3.05, 3.63) is 68.9 Å². The van der Waals surface area contributed by atoms with E-state index in [1.165, 1.54) is 14.2 Å². The van der Waals surface area contributed by atoms with Crippen molar-refractivity contribution in [2.24, 2.45) is 0 Å². The van der Waals surface area contributed by atoms with Gasteiger partial charge in [-0.25, -0.2) is 22.6 Å². The van der Waals surface area contributed by atoms with E-state index in [4.69, 9.17) is 14.2 Å². The first-order valence-electron chi connectivity index (χ1n) is 9.97. The molecule has 0 fully saturated rings. The standard InChI is InChI=1S/C22H21F3N4O5/c1-5-34-21(31)19-20(30)27-22(26-15-9-17(33-4)16(32-3)6-11(15)2)29(28-19)10-12-7-13(23)18(25)14(24)8-12/h6-9H,5,10H2,1-4H3,(H,26,27,30). The largest absolute Gasteiger partial charge is 0.493 e. The van der Waals surface area contributed by atoms with Gasteiger partial charge in [0.1, 0.15) is 0 Å². The third kappa shape index (κ3) is 5.11. The fraction of sp³-hybridized carbons (Fsp3) is 0.273. The van der Waals surface area contributed by atoms with Crippen molar-refractivity contribution >= 4 is 17.6 Å². The van der Waals surface area contributed by atoms with Crippen LogP contribution in [0.4, 0.5) is 24.8 Å². The summed E-state index contributed by atoms with van der Waals surface area (Å²) in [6.45, 7) is 2.92. The number of benzene rings is 2. The third-order valence-electron chi connectivity index (χ3n) is 4.70. The molecule has 0 spiro atoms. The lowest BCUT2D eigenvalue weighted by molar-refractivity contribution is 0.0514. The maximum Gasteiger partial charge on any atom is 0.364 e. The van der Waals surface area contributed by atoms with Crippen LogP contribution in [0.5, 0.6) is 11.5 Å². The normalized spacial score (nSPS) is 10.7. The van der Waals surface area contributed by atoms with Gasteiger partial charge in [-0.15, -0.1) is 0 Å². The predicted octanol–water partition coefficient (Wildman–Crippen LogP) is 3.35. The lowest BCUT2D eigenvalue weighted by Crippen LogP contribution is -2.28. The Balaban J connectivity index is 2.12. The summed E-state index contributed by atoms with van der Waals surface area (Å²) in [5, 5.41) is 6.89. The minimum absolute atomic E-state index is 0.0147. The van der Waals surface area contributed by atoms with Gasteiger partial charge in [-0.05, 0) is 43.2 Å². The summed E-state index contributed by atoms with van der Waals surface area (Å²) >= 11 is 0. The van der Waals surface area contributed by atoms with Gasteiger partial charge in [0.05, 0.1) is 27.4 Å². The number of halogens is 3. The molecule has 0 saturated carbocycles. The van der Waals surface area contributed by atoms with Gasteiger partial charge >= 0.3 is 11.5 Å². The number of aromatic nitrogens is 3. The molecule has 0 bridgehead atoms. The number of methoxy groups -OCH3 is 2. The fourth-order valence-corrected chi connectivity index (χ4v) is 3.06. The molecule has 1 N–H and O–H groups in total. The molecule has 180 valence electrons. The van der Waals surface area contributed by atoms with Gasteiger partial charge in [-0.3, -0.25) is 4.79 Å². The molecule has 0 saturated heterocycles. The summed E-state index contributed by atoms with van der Waals surface area (Å²) in [7, 11) is 2.92. The van der Waals surface area contributed by atoms with E-state index < -0.39 is 34.7 Å². The van der Waals surface area contributed by atoms with Crippen LogP contribution < -0.4 is 20.3 Å². The van der Waals surface area contributed by atoms with Gasteiger partial charge in [0.2, 0.25) is 11.6 Å². The van der Waals surface area contributed by atoms with Gasteiger partial charge in [-0.2, -0.15) is 10.1 Å². The molecule has 0 unspecified atom stereocenters. The first-order valence-corrected chi connectivity index (χ1v) is 9.97. The topological polar surface area (TPSA) is 105 Å². The second kappa shape index (κ2) is 10.2. The number of ether oxygens (including phenoxy) is 3. The van der Waals surface area contributed by atoms with Crippen LogP contribution in [0.1, 0.15) is 28.5 Å². The number of nitrogens with one attached hydrogen (secondary N) is 1. The van der Waals surface area contributed by atoms with Crippen LogP contribution in [0.25, 0.3) is 0 Å². The molecule has 1 aromatic heterocycles. The molecule has 0 aliphatic heterocycles. The zero-order valence-electron chi connectivity index (χ0n) is 18.7. The lowest BCUT2D eigenvalue weighted by Gasteiger charge is -2.17. The number of anilines is 2. The predicted molar refractivity (Wildman–Crippen MR) is 115 cm³/mol. The summed E-state index contributed by atoms with van der Waals surface area (Å²) in [5.74, 6) is -4.76. The molecule has 2 aromatic carbocycles. The Morgan fingerprint density at radius 1 is 1.06 bits per heavy atom. The number of rotatable bonds is 8. The number of carbonyl (C=O) groups excluding carboxylic acids is 1. The van der Waals surface area contributed by atoms with Crippen molar-refractivity contribution in [3.63, 3.8) is 0 Å². The molecule has 9 nitrogen and oxygen atoms in total. The molecule has 34 heavy (non-hydrogen) atoms. The van der Waals surface area contributed by atoms with Gasteiger partial charge in [0, 0.05) is 11.8 Å². The summed E-state index contributed by atoms with van der Waals surface area (Å²) in [6, 6.07) is 4.80. The lowest BCUT2D eigenvalue weighted by atomic mass is 10.1. The molecule has 3 rings (SSSR count). The highest BCUT2D eigenvalue weighted by Crippen LogP contribution is 2.34. The zero-order chi connectivity index (χ0) is 25.0. The quantitative estimate of drug-likeness (QED) is 0.388. The number of hydrogen-bond donors (Lipinski definition) is 1. The van der Waals surface area contributed by atoms with E-state index in [9.17, 15) is 22.8 Å². The van der Waals surface area contributed by atoms with Crippen LogP contribution in [0.2, 0.25) is 0 Å². The van der Waals surface area contributed by atoms with E-state index in [1.807, 2.05) is 0 Å². The number of esters is 1.